The Morgan fingerprint density at radius 1 is 1.09 bits per heavy atom. The van der Waals surface area contributed by atoms with E-state index in [0.717, 1.165) is 29.3 Å². The highest BCUT2D eigenvalue weighted by Gasteiger charge is 2.61. The normalized spacial score (nSPS) is 23.5. The molecule has 0 spiro atoms. The Balaban J connectivity index is 1.83. The van der Waals surface area contributed by atoms with Gasteiger partial charge in [0.15, 0.2) is 11.3 Å². The molecule has 5 rings (SSSR count). The van der Waals surface area contributed by atoms with Crippen molar-refractivity contribution >= 4 is 22.4 Å². The number of H-pyrrole nitrogens is 1. The van der Waals surface area contributed by atoms with Gasteiger partial charge in [-0.1, -0.05) is 30.3 Å². The number of nitrogens with one attached hydrogen (secondary N) is 1. The summed E-state index contributed by atoms with van der Waals surface area (Å²) < 4.78 is 0. The van der Waals surface area contributed by atoms with Gasteiger partial charge < -0.3 is 4.98 Å². The van der Waals surface area contributed by atoms with Crippen LogP contribution in [-0.2, 0) is 5.54 Å². The average Bonchev–Trinajstić information content (AvgIpc) is 3.31. The molecule has 1 fully saturated rings. The van der Waals surface area contributed by atoms with E-state index >= 15 is 0 Å². The van der Waals surface area contributed by atoms with E-state index in [-0.39, 0.29) is 11.7 Å². The van der Waals surface area contributed by atoms with Crippen LogP contribution in [0.1, 0.15) is 28.8 Å². The van der Waals surface area contributed by atoms with E-state index in [4.69, 9.17) is 0 Å². The average molecular weight is 304 g/mol. The molecule has 2 aliphatic rings. The molecule has 2 N–H and O–H groups in total. The number of ketones is 1. The molecule has 0 bridgehead atoms. The fourth-order valence-corrected chi connectivity index (χ4v) is 4.04. The molecule has 1 aliphatic heterocycles. The maximum absolute atomic E-state index is 13.3. The number of carbonyl (C=O) groups excluding carboxylic acids is 1. The highest BCUT2D eigenvalue weighted by Crippen LogP contribution is 2.57. The van der Waals surface area contributed by atoms with Gasteiger partial charge in [-0.25, -0.2) is 5.06 Å². The van der Waals surface area contributed by atoms with Gasteiger partial charge in [0.25, 0.3) is 0 Å². The Bertz CT molecular complexity index is 941. The van der Waals surface area contributed by atoms with Crippen molar-refractivity contribution in [2.24, 2.45) is 5.92 Å². The molecule has 1 atom stereocenters. The monoisotopic (exact) mass is 304 g/mol. The molecule has 2 aromatic carbocycles. The second kappa shape index (κ2) is 4.24. The summed E-state index contributed by atoms with van der Waals surface area (Å²) in [6.45, 7) is 0. The number of Topliss-reactive ketones (excluding diaryl/α,β-unsaturated/α-hetero) is 1. The SMILES string of the molecule is O=C1c2ccccc2N(O)[C@]1(c1c[nH]c2ccccc12)C1CC1. The minimum absolute atomic E-state index is 0.00264. The van der Waals surface area contributed by atoms with Crippen LogP contribution in [-0.4, -0.2) is 16.0 Å². The van der Waals surface area contributed by atoms with Crippen molar-refractivity contribution in [3.8, 4) is 0 Å². The van der Waals surface area contributed by atoms with Crippen molar-refractivity contribution < 1.29 is 10.0 Å². The lowest BCUT2D eigenvalue weighted by Crippen LogP contribution is -2.48. The number of para-hydroxylation sites is 2. The zero-order chi connectivity index (χ0) is 15.6. The number of aromatic amines is 1. The van der Waals surface area contributed by atoms with Crippen molar-refractivity contribution in [1.29, 1.82) is 0 Å². The van der Waals surface area contributed by atoms with Crippen LogP contribution in [0.3, 0.4) is 0 Å². The Kier molecular flexibility index (Phi) is 2.38. The van der Waals surface area contributed by atoms with Gasteiger partial charge >= 0.3 is 0 Å². The highest BCUT2D eigenvalue weighted by atomic mass is 16.5. The molecule has 2 heterocycles. The molecular weight excluding hydrogens is 288 g/mol. The van der Waals surface area contributed by atoms with E-state index in [2.05, 4.69) is 4.98 Å². The third-order valence-corrected chi connectivity index (χ3v) is 5.23. The molecule has 3 aromatic rings. The molecule has 1 saturated carbocycles. The summed E-state index contributed by atoms with van der Waals surface area (Å²) in [5, 5.41) is 13.2. The molecule has 0 radical (unpaired) electrons. The quantitative estimate of drug-likeness (QED) is 0.755. The summed E-state index contributed by atoms with van der Waals surface area (Å²) >= 11 is 0. The molecule has 0 saturated heterocycles. The van der Waals surface area contributed by atoms with Crippen molar-refractivity contribution in [2.75, 3.05) is 5.06 Å². The summed E-state index contributed by atoms with van der Waals surface area (Å²) in [7, 11) is 0. The van der Waals surface area contributed by atoms with Gasteiger partial charge in [0.1, 0.15) is 0 Å². The molecular formula is C19H16N2O2. The lowest BCUT2D eigenvalue weighted by atomic mass is 9.81. The van der Waals surface area contributed by atoms with Crippen LogP contribution >= 0.6 is 0 Å². The number of hydrogen-bond donors (Lipinski definition) is 2. The summed E-state index contributed by atoms with van der Waals surface area (Å²) in [6, 6.07) is 15.3. The Labute approximate surface area is 133 Å². The summed E-state index contributed by atoms with van der Waals surface area (Å²) in [6.07, 6.45) is 3.79. The molecule has 4 nitrogen and oxygen atoms in total. The molecule has 1 aliphatic carbocycles. The lowest BCUT2D eigenvalue weighted by Gasteiger charge is -2.34. The van der Waals surface area contributed by atoms with Crippen molar-refractivity contribution in [2.45, 2.75) is 18.4 Å². The van der Waals surface area contributed by atoms with E-state index in [1.165, 1.54) is 5.06 Å². The fourth-order valence-electron chi connectivity index (χ4n) is 4.04. The molecule has 4 heteroatoms. The van der Waals surface area contributed by atoms with Crippen molar-refractivity contribution in [3.05, 3.63) is 65.9 Å². The largest absolute Gasteiger partial charge is 0.361 e. The third kappa shape index (κ3) is 1.46. The minimum atomic E-state index is -0.997. The van der Waals surface area contributed by atoms with Gasteiger partial charge in [-0.05, 0) is 37.0 Å². The number of rotatable bonds is 2. The topological polar surface area (TPSA) is 56.3 Å². The predicted molar refractivity (Wildman–Crippen MR) is 87.7 cm³/mol. The van der Waals surface area contributed by atoms with E-state index in [1.54, 1.807) is 6.07 Å². The molecule has 23 heavy (non-hydrogen) atoms. The standard InChI is InChI=1S/C19H16N2O2/c22-18-14-6-2-4-8-17(14)21(23)19(18,12-9-10-12)15-11-20-16-7-3-1-5-13(15)16/h1-8,11-12,20,23H,9-10H2/t19-/m0/s1. The van der Waals surface area contributed by atoms with E-state index in [9.17, 15) is 10.0 Å². The first-order chi connectivity index (χ1) is 11.2. The van der Waals surface area contributed by atoms with Gasteiger partial charge in [-0.3, -0.25) is 10.0 Å². The molecule has 114 valence electrons. The smallest absolute Gasteiger partial charge is 0.197 e. The minimum Gasteiger partial charge on any atom is -0.361 e. The molecule has 0 unspecified atom stereocenters. The van der Waals surface area contributed by atoms with Crippen LogP contribution in [0.25, 0.3) is 10.9 Å². The summed E-state index contributed by atoms with van der Waals surface area (Å²) in [5.41, 5.74) is 2.07. The number of aromatic nitrogens is 1. The van der Waals surface area contributed by atoms with Crippen LogP contribution < -0.4 is 5.06 Å². The zero-order valence-corrected chi connectivity index (χ0v) is 12.5. The van der Waals surface area contributed by atoms with Crippen LogP contribution in [0.4, 0.5) is 5.69 Å². The van der Waals surface area contributed by atoms with Crippen LogP contribution in [0.2, 0.25) is 0 Å². The van der Waals surface area contributed by atoms with E-state index in [0.29, 0.717) is 11.3 Å². The first-order valence-corrected chi connectivity index (χ1v) is 7.94. The third-order valence-electron chi connectivity index (χ3n) is 5.23. The summed E-state index contributed by atoms with van der Waals surface area (Å²) in [5.74, 6) is 0.148. The van der Waals surface area contributed by atoms with Crippen molar-refractivity contribution in [3.63, 3.8) is 0 Å². The van der Waals surface area contributed by atoms with Gasteiger partial charge in [0, 0.05) is 28.2 Å². The Morgan fingerprint density at radius 2 is 1.83 bits per heavy atom. The Morgan fingerprint density at radius 3 is 2.61 bits per heavy atom. The number of benzene rings is 2. The number of hydroxylamine groups is 1. The van der Waals surface area contributed by atoms with Gasteiger partial charge in [-0.2, -0.15) is 0 Å². The van der Waals surface area contributed by atoms with Gasteiger partial charge in [0.05, 0.1) is 5.69 Å². The van der Waals surface area contributed by atoms with Gasteiger partial charge in [0.2, 0.25) is 0 Å². The Hall–Kier alpha value is -2.59. The number of fused-ring (bicyclic) bond motifs is 2. The van der Waals surface area contributed by atoms with Crippen LogP contribution in [0.15, 0.2) is 54.7 Å². The lowest BCUT2D eigenvalue weighted by molar-refractivity contribution is 0.0747. The second-order valence-electron chi connectivity index (χ2n) is 6.45. The zero-order valence-electron chi connectivity index (χ0n) is 12.5. The van der Waals surface area contributed by atoms with Crippen molar-refractivity contribution in [1.82, 2.24) is 4.98 Å². The van der Waals surface area contributed by atoms with Gasteiger partial charge in [-0.15, -0.1) is 0 Å². The van der Waals surface area contributed by atoms with E-state index in [1.807, 2.05) is 48.7 Å². The summed E-state index contributed by atoms with van der Waals surface area (Å²) in [4.78, 5) is 16.6. The number of anilines is 1. The maximum Gasteiger partial charge on any atom is 0.197 e. The maximum atomic E-state index is 13.3. The molecule has 0 amide bonds. The first-order valence-electron chi connectivity index (χ1n) is 7.94. The predicted octanol–water partition coefficient (Wildman–Crippen LogP) is 3.87. The molecule has 1 aromatic heterocycles. The first kappa shape index (κ1) is 12.9. The number of nitrogens with zero attached hydrogens (tertiary/aromatic N) is 1. The number of carbonyl (C=O) groups is 1. The second-order valence-corrected chi connectivity index (χ2v) is 6.45. The van der Waals surface area contributed by atoms with Crippen LogP contribution in [0.5, 0.6) is 0 Å². The number of hydrogen-bond acceptors (Lipinski definition) is 3. The van der Waals surface area contributed by atoms with E-state index < -0.39 is 5.54 Å². The van der Waals surface area contributed by atoms with Crippen LogP contribution in [0, 0.1) is 5.92 Å². The fraction of sp³-hybridized carbons (Fsp3) is 0.211. The highest BCUT2D eigenvalue weighted by molar-refractivity contribution is 6.15.